The van der Waals surface area contributed by atoms with Crippen molar-refractivity contribution in [1.29, 1.82) is 0 Å². The molecule has 0 bridgehead atoms. The van der Waals surface area contributed by atoms with Crippen LogP contribution in [0.25, 0.3) is 11.4 Å². The van der Waals surface area contributed by atoms with Crippen LogP contribution >= 0.6 is 11.6 Å². The molecule has 0 saturated heterocycles. The van der Waals surface area contributed by atoms with Crippen LogP contribution in [0.4, 0.5) is 24.5 Å². The second kappa shape index (κ2) is 9.10. The Balaban J connectivity index is 1.71. The van der Waals surface area contributed by atoms with Crippen LogP contribution in [0.5, 0.6) is 5.75 Å². The number of nitrogens with zero attached hydrogens (tertiary/aromatic N) is 3. The number of carbonyl (C=O) groups excluding carboxylic acids is 2. The third kappa shape index (κ3) is 3.92. The number of hydrogen-bond donors (Lipinski definition) is 1. The monoisotopic (exact) mass is 580 g/mol. The molecule has 4 aromatic rings. The lowest BCUT2D eigenvalue weighted by molar-refractivity contribution is -0.274. The van der Waals surface area contributed by atoms with E-state index in [1.54, 1.807) is 41.8 Å². The molecule has 1 unspecified atom stereocenters. The number of fused-ring (bicyclic) bond motifs is 4. The zero-order valence-corrected chi connectivity index (χ0v) is 23.2. The number of nitrogens with one attached hydrogen (secondary N) is 1. The van der Waals surface area contributed by atoms with Gasteiger partial charge in [-0.05, 0) is 69.2 Å². The number of aryl methyl sites for hydroxylation is 2. The van der Waals surface area contributed by atoms with Gasteiger partial charge < -0.3 is 14.6 Å². The van der Waals surface area contributed by atoms with Crippen molar-refractivity contribution in [2.45, 2.75) is 45.6 Å². The Hall–Kier alpha value is -4.31. The van der Waals surface area contributed by atoms with Crippen molar-refractivity contribution >= 4 is 34.8 Å². The van der Waals surface area contributed by atoms with Gasteiger partial charge in [0.2, 0.25) is 0 Å². The third-order valence-electron chi connectivity index (χ3n) is 7.42. The molecule has 6 rings (SSSR count). The molecule has 3 aromatic carbocycles. The summed E-state index contributed by atoms with van der Waals surface area (Å²) in [7, 11) is 0. The summed E-state index contributed by atoms with van der Waals surface area (Å²) in [6, 6.07) is 15.7. The molecule has 3 heterocycles. The first-order valence-electron chi connectivity index (χ1n) is 12.9. The van der Waals surface area contributed by atoms with Crippen molar-refractivity contribution in [2.75, 3.05) is 10.2 Å². The van der Waals surface area contributed by atoms with Gasteiger partial charge in [-0.1, -0.05) is 41.9 Å². The van der Waals surface area contributed by atoms with E-state index in [0.29, 0.717) is 27.5 Å². The Morgan fingerprint density at radius 2 is 1.76 bits per heavy atom. The van der Waals surface area contributed by atoms with Gasteiger partial charge in [-0.25, -0.2) is 4.98 Å². The van der Waals surface area contributed by atoms with Crippen molar-refractivity contribution < 1.29 is 27.5 Å². The van der Waals surface area contributed by atoms with E-state index in [1.165, 1.54) is 23.1 Å². The number of benzene rings is 3. The highest BCUT2D eigenvalue weighted by Crippen LogP contribution is 2.55. The molecule has 2 aliphatic rings. The molecular formula is C30H24ClF3N4O3. The van der Waals surface area contributed by atoms with Gasteiger partial charge in [0.15, 0.2) is 11.2 Å². The fourth-order valence-corrected chi connectivity index (χ4v) is 6.00. The predicted octanol–water partition coefficient (Wildman–Crippen LogP) is 7.16. The number of aromatic nitrogens is 2. The fraction of sp³-hybridized carbons (Fsp3) is 0.233. The van der Waals surface area contributed by atoms with Gasteiger partial charge in [-0.15, -0.1) is 13.2 Å². The van der Waals surface area contributed by atoms with Crippen molar-refractivity contribution in [2.24, 2.45) is 0 Å². The van der Waals surface area contributed by atoms with Crippen molar-refractivity contribution in [3.8, 4) is 17.1 Å². The standard InChI is InChI=1S/C30H24ClF3N4O3/c1-15(2)37-25-24(36-26(37)19-7-5-6-8-23(19)41-30(32,33)34)27(39)38(22-14-18(31)11-10-17(22)4)29(25)20-12-9-16(3)13-21(20)35-28(29)40/h5-15H,1-4H3,(H,35,40). The Morgan fingerprint density at radius 3 is 2.46 bits per heavy atom. The average Bonchev–Trinajstić information content (AvgIpc) is 3.49. The molecule has 41 heavy (non-hydrogen) atoms. The first kappa shape index (κ1) is 26.9. The predicted molar refractivity (Wildman–Crippen MR) is 148 cm³/mol. The fourth-order valence-electron chi connectivity index (χ4n) is 5.83. The van der Waals surface area contributed by atoms with E-state index >= 15 is 0 Å². The summed E-state index contributed by atoms with van der Waals surface area (Å²) >= 11 is 6.37. The Bertz CT molecular complexity index is 1760. The van der Waals surface area contributed by atoms with Gasteiger partial charge in [-0.3, -0.25) is 14.5 Å². The summed E-state index contributed by atoms with van der Waals surface area (Å²) in [6.45, 7) is 7.31. The van der Waals surface area contributed by atoms with Crippen LogP contribution in [0.3, 0.4) is 0 Å². The van der Waals surface area contributed by atoms with Crippen LogP contribution in [-0.4, -0.2) is 27.7 Å². The third-order valence-corrected chi connectivity index (χ3v) is 7.65. The molecular weight excluding hydrogens is 557 g/mol. The maximum absolute atomic E-state index is 14.4. The van der Waals surface area contributed by atoms with Gasteiger partial charge in [0.05, 0.1) is 16.9 Å². The quantitative estimate of drug-likeness (QED) is 0.278. The molecule has 1 spiro atoms. The Morgan fingerprint density at radius 1 is 1.02 bits per heavy atom. The molecule has 11 heteroatoms. The molecule has 210 valence electrons. The minimum Gasteiger partial charge on any atom is -0.405 e. The number of halogens is 4. The van der Waals surface area contributed by atoms with E-state index in [4.69, 9.17) is 11.6 Å². The highest BCUT2D eigenvalue weighted by Gasteiger charge is 2.64. The highest BCUT2D eigenvalue weighted by molar-refractivity contribution is 6.31. The number of hydrogen-bond acceptors (Lipinski definition) is 4. The van der Waals surface area contributed by atoms with Crippen molar-refractivity contribution in [3.05, 3.63) is 93.8 Å². The van der Waals surface area contributed by atoms with E-state index in [-0.39, 0.29) is 22.8 Å². The number of anilines is 2. The summed E-state index contributed by atoms with van der Waals surface area (Å²) in [5.74, 6) is -1.46. The summed E-state index contributed by atoms with van der Waals surface area (Å²) in [5, 5.41) is 3.31. The normalized spacial score (nSPS) is 17.8. The van der Waals surface area contributed by atoms with Gasteiger partial charge >= 0.3 is 6.36 Å². The SMILES string of the molecule is Cc1ccc2c(c1)NC(=O)C21c2c(nc(-c3ccccc3OC(F)(F)F)n2C(C)C)C(=O)N1c1cc(Cl)ccc1C. The number of alkyl halides is 3. The largest absolute Gasteiger partial charge is 0.573 e. The number of para-hydroxylation sites is 1. The molecule has 0 aliphatic carbocycles. The molecule has 0 fully saturated rings. The number of carbonyl (C=O) groups is 2. The summed E-state index contributed by atoms with van der Waals surface area (Å²) in [6.07, 6.45) is -4.95. The maximum Gasteiger partial charge on any atom is 0.573 e. The lowest BCUT2D eigenvalue weighted by atomic mass is 9.86. The summed E-state index contributed by atoms with van der Waals surface area (Å²) in [5.41, 5.74) is 1.60. The smallest absolute Gasteiger partial charge is 0.405 e. The van der Waals surface area contributed by atoms with Gasteiger partial charge in [-0.2, -0.15) is 0 Å². The lowest BCUT2D eigenvalue weighted by Crippen LogP contribution is -2.51. The number of imidazole rings is 1. The maximum atomic E-state index is 14.4. The molecule has 1 atom stereocenters. The molecule has 1 aromatic heterocycles. The zero-order valence-electron chi connectivity index (χ0n) is 22.4. The molecule has 2 amide bonds. The molecule has 0 radical (unpaired) electrons. The molecule has 7 nitrogen and oxygen atoms in total. The minimum atomic E-state index is -4.95. The Kier molecular flexibility index (Phi) is 5.97. The van der Waals surface area contributed by atoms with E-state index in [1.807, 2.05) is 32.9 Å². The van der Waals surface area contributed by atoms with Crippen LogP contribution in [0, 0.1) is 13.8 Å². The van der Waals surface area contributed by atoms with E-state index < -0.39 is 35.5 Å². The molecule has 1 N–H and O–H groups in total. The average molecular weight is 581 g/mol. The minimum absolute atomic E-state index is 0.0314. The highest BCUT2D eigenvalue weighted by atomic mass is 35.5. The molecule has 2 aliphatic heterocycles. The van der Waals surface area contributed by atoms with Gasteiger partial charge in [0, 0.05) is 22.3 Å². The van der Waals surface area contributed by atoms with E-state index in [0.717, 1.165) is 5.56 Å². The van der Waals surface area contributed by atoms with Crippen molar-refractivity contribution in [1.82, 2.24) is 9.55 Å². The van der Waals surface area contributed by atoms with Gasteiger partial charge in [0.1, 0.15) is 11.6 Å². The second-order valence-electron chi connectivity index (χ2n) is 10.4. The van der Waals surface area contributed by atoms with E-state index in [9.17, 15) is 22.8 Å². The van der Waals surface area contributed by atoms with Crippen LogP contribution in [0.15, 0.2) is 60.7 Å². The topological polar surface area (TPSA) is 76.5 Å². The van der Waals surface area contributed by atoms with Crippen LogP contribution < -0.4 is 15.0 Å². The van der Waals surface area contributed by atoms with Gasteiger partial charge in [0.25, 0.3) is 11.8 Å². The summed E-state index contributed by atoms with van der Waals surface area (Å²) < 4.78 is 46.0. The van der Waals surface area contributed by atoms with Crippen LogP contribution in [-0.2, 0) is 10.3 Å². The summed E-state index contributed by atoms with van der Waals surface area (Å²) in [4.78, 5) is 34.7. The zero-order chi connectivity index (χ0) is 29.4. The van der Waals surface area contributed by atoms with Crippen LogP contribution in [0.1, 0.15) is 52.8 Å². The first-order chi connectivity index (χ1) is 19.3. The second-order valence-corrected chi connectivity index (χ2v) is 10.9. The first-order valence-corrected chi connectivity index (χ1v) is 13.2. The lowest BCUT2D eigenvalue weighted by Gasteiger charge is -2.36. The number of rotatable bonds is 4. The van der Waals surface area contributed by atoms with Crippen molar-refractivity contribution in [3.63, 3.8) is 0 Å². The number of amides is 2. The Labute approximate surface area is 238 Å². The van der Waals surface area contributed by atoms with E-state index in [2.05, 4.69) is 15.0 Å². The number of ether oxygens (including phenoxy) is 1. The van der Waals surface area contributed by atoms with Crippen LogP contribution in [0.2, 0.25) is 5.02 Å². The molecule has 0 saturated carbocycles.